The average molecular weight is 281 g/mol. The summed E-state index contributed by atoms with van der Waals surface area (Å²) < 4.78 is 1.29. The minimum Gasteiger partial charge on any atom is -0.378 e. The normalized spacial score (nSPS) is 13.7. The molecule has 0 heterocycles. The molecule has 0 spiro atoms. The summed E-state index contributed by atoms with van der Waals surface area (Å²) >= 11 is 2.44. The summed E-state index contributed by atoms with van der Waals surface area (Å²) in [5.41, 5.74) is 0. The number of hydrogen-bond acceptors (Lipinski definition) is 1. The summed E-state index contributed by atoms with van der Waals surface area (Å²) in [7, 11) is 2.15. The fourth-order valence-electron chi connectivity index (χ4n) is 1.12. The van der Waals surface area contributed by atoms with E-state index in [4.69, 9.17) is 0 Å². The molecule has 1 unspecified atom stereocenters. The molecule has 0 fully saturated rings. The molecule has 0 amide bonds. The van der Waals surface area contributed by atoms with Crippen molar-refractivity contribution < 1.29 is 0 Å². The third-order valence-electron chi connectivity index (χ3n) is 2.08. The third-order valence-corrected chi connectivity index (χ3v) is 2.85. The van der Waals surface area contributed by atoms with Crippen molar-refractivity contribution in [3.63, 3.8) is 0 Å². The van der Waals surface area contributed by atoms with E-state index in [1.54, 1.807) is 0 Å². The van der Waals surface area contributed by atoms with Crippen molar-refractivity contribution >= 4 is 22.6 Å². The Hall–Kier alpha value is 0.270. The largest absolute Gasteiger partial charge is 0.378 e. The molecule has 0 rings (SSSR count). The number of halogens is 1. The Morgan fingerprint density at radius 2 is 2.08 bits per heavy atom. The second-order valence-electron chi connectivity index (χ2n) is 3.18. The van der Waals surface area contributed by atoms with E-state index < -0.39 is 0 Å². The maximum atomic E-state index is 2.44. The van der Waals surface area contributed by atoms with Crippen LogP contribution in [0.3, 0.4) is 0 Å². The fraction of sp³-hybridized carbons (Fsp3) is 0.800. The van der Waals surface area contributed by atoms with E-state index in [-0.39, 0.29) is 0 Å². The van der Waals surface area contributed by atoms with Gasteiger partial charge < -0.3 is 4.90 Å². The van der Waals surface area contributed by atoms with Gasteiger partial charge >= 0.3 is 0 Å². The van der Waals surface area contributed by atoms with Gasteiger partial charge in [-0.2, -0.15) is 0 Å². The summed E-state index contributed by atoms with van der Waals surface area (Å²) in [4.78, 5) is 2.28. The van der Waals surface area contributed by atoms with Gasteiger partial charge in [-0.3, -0.25) is 0 Å². The van der Waals surface area contributed by atoms with E-state index in [1.165, 1.54) is 23.7 Å². The predicted molar refractivity (Wildman–Crippen MR) is 64.8 cm³/mol. The maximum Gasteiger partial charge on any atom is 0.0252 e. The Labute approximate surface area is 90.4 Å². The molecule has 12 heavy (non-hydrogen) atoms. The van der Waals surface area contributed by atoms with Crippen molar-refractivity contribution in [3.8, 4) is 0 Å². The first-order valence-corrected chi connectivity index (χ1v) is 6.15. The van der Waals surface area contributed by atoms with Gasteiger partial charge in [0, 0.05) is 13.1 Å². The fourth-order valence-corrected chi connectivity index (χ4v) is 1.66. The Balaban J connectivity index is 3.49. The average Bonchev–Trinajstić information content (AvgIpc) is 2.05. The second kappa shape index (κ2) is 7.90. The van der Waals surface area contributed by atoms with Crippen LogP contribution < -0.4 is 0 Å². The second-order valence-corrected chi connectivity index (χ2v) is 4.26. The molecule has 0 aliphatic heterocycles. The van der Waals surface area contributed by atoms with E-state index in [2.05, 4.69) is 60.7 Å². The van der Waals surface area contributed by atoms with Crippen LogP contribution in [0.15, 0.2) is 12.3 Å². The monoisotopic (exact) mass is 281 g/mol. The molecular weight excluding hydrogens is 261 g/mol. The molecule has 0 N–H and O–H groups in total. The zero-order chi connectivity index (χ0) is 9.40. The third kappa shape index (κ3) is 5.86. The van der Waals surface area contributed by atoms with Crippen LogP contribution in [-0.4, -0.2) is 22.4 Å². The molecule has 0 saturated heterocycles. The Kier molecular flexibility index (Phi) is 8.07. The first-order valence-electron chi connectivity index (χ1n) is 4.63. The number of nitrogens with zero attached hydrogens (tertiary/aromatic N) is 1. The minimum atomic E-state index is 0.684. The zero-order valence-electron chi connectivity index (χ0n) is 8.39. The van der Waals surface area contributed by atoms with Crippen LogP contribution in [0, 0.1) is 0 Å². The molecule has 0 aromatic heterocycles. The smallest absolute Gasteiger partial charge is 0.0252 e. The summed E-state index contributed by atoms with van der Waals surface area (Å²) in [6, 6.07) is 0.684. The number of alkyl halides is 1. The first-order chi connectivity index (χ1) is 5.72. The lowest BCUT2D eigenvalue weighted by Crippen LogP contribution is -2.23. The Bertz CT molecular complexity index is 123. The molecule has 0 bridgehead atoms. The van der Waals surface area contributed by atoms with Gasteiger partial charge in [-0.15, -0.1) is 0 Å². The lowest BCUT2D eigenvalue weighted by Gasteiger charge is -2.22. The van der Waals surface area contributed by atoms with E-state index in [0.29, 0.717) is 6.04 Å². The van der Waals surface area contributed by atoms with E-state index in [0.717, 1.165) is 0 Å². The van der Waals surface area contributed by atoms with Crippen LogP contribution in [0.1, 0.15) is 33.1 Å². The maximum absolute atomic E-state index is 2.44. The molecule has 1 nitrogen and oxygen atoms in total. The van der Waals surface area contributed by atoms with Crippen molar-refractivity contribution in [1.82, 2.24) is 4.90 Å². The molecule has 0 aliphatic rings. The molecule has 2 heteroatoms. The lowest BCUT2D eigenvalue weighted by molar-refractivity contribution is 0.327. The van der Waals surface area contributed by atoms with Gasteiger partial charge in [0.2, 0.25) is 0 Å². The Morgan fingerprint density at radius 1 is 1.42 bits per heavy atom. The van der Waals surface area contributed by atoms with Gasteiger partial charge in [0.15, 0.2) is 0 Å². The van der Waals surface area contributed by atoms with Crippen LogP contribution in [0.5, 0.6) is 0 Å². The highest BCUT2D eigenvalue weighted by Crippen LogP contribution is 2.07. The molecule has 72 valence electrons. The van der Waals surface area contributed by atoms with E-state index >= 15 is 0 Å². The highest BCUT2D eigenvalue weighted by molar-refractivity contribution is 14.1. The highest BCUT2D eigenvalue weighted by Gasteiger charge is 2.03. The first kappa shape index (κ1) is 12.3. The topological polar surface area (TPSA) is 3.24 Å². The van der Waals surface area contributed by atoms with Crippen molar-refractivity contribution in [2.75, 3.05) is 11.5 Å². The van der Waals surface area contributed by atoms with Crippen LogP contribution in [-0.2, 0) is 0 Å². The Morgan fingerprint density at radius 3 is 2.58 bits per heavy atom. The number of allylic oxidation sites excluding steroid dienone is 1. The number of unbranched alkanes of at least 4 members (excludes halogenated alkanes) is 1. The molecule has 0 aromatic rings. The highest BCUT2D eigenvalue weighted by atomic mass is 127. The standard InChI is InChI=1S/C10H20IN/c1-4-9-12(3)10(2)7-5-6-8-11/h4,9-10H,5-8H2,1-3H3/b9-4-. The van der Waals surface area contributed by atoms with Crippen LogP contribution in [0.25, 0.3) is 0 Å². The molecule has 0 radical (unpaired) electrons. The number of hydrogen-bond donors (Lipinski definition) is 0. The molecule has 0 aliphatic carbocycles. The van der Waals surface area contributed by atoms with Gasteiger partial charge in [0.05, 0.1) is 0 Å². The van der Waals surface area contributed by atoms with Gasteiger partial charge in [-0.05, 0) is 37.3 Å². The number of rotatable bonds is 6. The van der Waals surface area contributed by atoms with E-state index in [1.807, 2.05) is 0 Å². The molecule has 1 atom stereocenters. The lowest BCUT2D eigenvalue weighted by atomic mass is 10.1. The van der Waals surface area contributed by atoms with Crippen LogP contribution in [0.4, 0.5) is 0 Å². The minimum absolute atomic E-state index is 0.684. The van der Waals surface area contributed by atoms with E-state index in [9.17, 15) is 0 Å². The van der Waals surface area contributed by atoms with Crippen molar-refractivity contribution in [3.05, 3.63) is 12.3 Å². The summed E-state index contributed by atoms with van der Waals surface area (Å²) in [5, 5.41) is 0. The van der Waals surface area contributed by atoms with Gasteiger partial charge in [0.1, 0.15) is 0 Å². The van der Waals surface area contributed by atoms with Gasteiger partial charge in [0.25, 0.3) is 0 Å². The van der Waals surface area contributed by atoms with Crippen molar-refractivity contribution in [1.29, 1.82) is 0 Å². The van der Waals surface area contributed by atoms with Gasteiger partial charge in [-0.25, -0.2) is 0 Å². The van der Waals surface area contributed by atoms with Crippen LogP contribution >= 0.6 is 22.6 Å². The zero-order valence-corrected chi connectivity index (χ0v) is 10.5. The van der Waals surface area contributed by atoms with Gasteiger partial charge in [-0.1, -0.05) is 35.1 Å². The predicted octanol–water partition coefficient (Wildman–Crippen LogP) is 3.45. The molecular formula is C10H20IN. The molecule has 0 aromatic carbocycles. The van der Waals surface area contributed by atoms with Crippen molar-refractivity contribution in [2.24, 2.45) is 0 Å². The summed E-state index contributed by atoms with van der Waals surface area (Å²) in [6.07, 6.45) is 8.26. The SMILES string of the molecule is C/C=C\N(C)C(C)CCCCI. The molecule has 0 saturated carbocycles. The quantitative estimate of drug-likeness (QED) is 0.409. The summed E-state index contributed by atoms with van der Waals surface area (Å²) in [5.74, 6) is 0. The summed E-state index contributed by atoms with van der Waals surface area (Å²) in [6.45, 7) is 4.35. The van der Waals surface area contributed by atoms with Crippen molar-refractivity contribution in [2.45, 2.75) is 39.2 Å². The van der Waals surface area contributed by atoms with Crippen LogP contribution in [0.2, 0.25) is 0 Å².